The average Bonchev–Trinajstić information content (AvgIpc) is 2.80. The second kappa shape index (κ2) is 6.54. The largest absolute Gasteiger partial charge is 0.324 e. The summed E-state index contributed by atoms with van der Waals surface area (Å²) < 4.78 is 13.3. The van der Waals surface area contributed by atoms with E-state index in [1.165, 1.54) is 44.5 Å². The number of hydrogen-bond donors (Lipinski definition) is 2. The van der Waals surface area contributed by atoms with Crippen LogP contribution >= 0.6 is 0 Å². The zero-order valence-electron chi connectivity index (χ0n) is 12.2. The van der Waals surface area contributed by atoms with Gasteiger partial charge in [-0.05, 0) is 63.6 Å². The Bertz CT molecular complexity index is 514. The Balaban J connectivity index is 1.49. The first-order valence-corrected chi connectivity index (χ1v) is 7.80. The Labute approximate surface area is 124 Å². The number of hydrogen-bond acceptors (Lipinski definition) is 3. The Morgan fingerprint density at radius 2 is 2.10 bits per heavy atom. The summed E-state index contributed by atoms with van der Waals surface area (Å²) in [5, 5.41) is 6.04. The minimum absolute atomic E-state index is 0.0893. The normalized spacial score (nSPS) is 22.1. The SMILES string of the molecule is O=C1Nc2ccc(F)cc2C1NCCCN1CCCCC1. The van der Waals surface area contributed by atoms with Crippen molar-refractivity contribution in [2.45, 2.75) is 31.7 Å². The zero-order chi connectivity index (χ0) is 14.7. The number of fused-ring (bicyclic) bond motifs is 1. The molecule has 2 aliphatic heterocycles. The topological polar surface area (TPSA) is 44.4 Å². The summed E-state index contributed by atoms with van der Waals surface area (Å²) in [6.07, 6.45) is 4.95. The van der Waals surface area contributed by atoms with Crippen molar-refractivity contribution in [3.05, 3.63) is 29.6 Å². The van der Waals surface area contributed by atoms with Gasteiger partial charge in [-0.3, -0.25) is 4.79 Å². The number of benzene rings is 1. The predicted molar refractivity (Wildman–Crippen MR) is 80.7 cm³/mol. The van der Waals surface area contributed by atoms with Crippen molar-refractivity contribution in [3.63, 3.8) is 0 Å². The second-order valence-corrected chi connectivity index (χ2v) is 5.86. The van der Waals surface area contributed by atoms with Gasteiger partial charge >= 0.3 is 0 Å². The van der Waals surface area contributed by atoms with Crippen LogP contribution in [-0.4, -0.2) is 37.0 Å². The van der Waals surface area contributed by atoms with Gasteiger partial charge in [0.1, 0.15) is 11.9 Å². The van der Waals surface area contributed by atoms with Crippen molar-refractivity contribution >= 4 is 11.6 Å². The van der Waals surface area contributed by atoms with Crippen LogP contribution in [0.1, 0.15) is 37.3 Å². The first kappa shape index (κ1) is 14.5. The molecule has 5 heteroatoms. The lowest BCUT2D eigenvalue weighted by atomic mass is 10.1. The molecule has 0 radical (unpaired) electrons. The van der Waals surface area contributed by atoms with Gasteiger partial charge in [0, 0.05) is 11.3 Å². The maximum absolute atomic E-state index is 13.3. The maximum atomic E-state index is 13.3. The third-order valence-electron chi connectivity index (χ3n) is 4.29. The number of anilines is 1. The quantitative estimate of drug-likeness (QED) is 0.818. The summed E-state index contributed by atoms with van der Waals surface area (Å²) in [6, 6.07) is 4.02. The third-order valence-corrected chi connectivity index (χ3v) is 4.29. The molecule has 114 valence electrons. The molecule has 1 unspecified atom stereocenters. The molecule has 3 rings (SSSR count). The molecule has 0 saturated carbocycles. The summed E-state index contributed by atoms with van der Waals surface area (Å²) in [5.74, 6) is -0.390. The van der Waals surface area contributed by atoms with Crippen LogP contribution in [0.5, 0.6) is 0 Å². The lowest BCUT2D eigenvalue weighted by Gasteiger charge is -2.26. The average molecular weight is 291 g/mol. The number of nitrogens with one attached hydrogen (secondary N) is 2. The molecule has 2 N–H and O–H groups in total. The predicted octanol–water partition coefficient (Wildman–Crippen LogP) is 2.28. The van der Waals surface area contributed by atoms with Gasteiger partial charge in [-0.15, -0.1) is 0 Å². The molecule has 1 saturated heterocycles. The maximum Gasteiger partial charge on any atom is 0.246 e. The van der Waals surface area contributed by atoms with Gasteiger partial charge in [-0.2, -0.15) is 0 Å². The molecule has 4 nitrogen and oxygen atoms in total. The van der Waals surface area contributed by atoms with Crippen LogP contribution in [0.25, 0.3) is 0 Å². The van der Waals surface area contributed by atoms with Crippen LogP contribution in [0.15, 0.2) is 18.2 Å². The number of nitrogens with zero attached hydrogens (tertiary/aromatic N) is 1. The molecule has 0 aliphatic carbocycles. The summed E-state index contributed by atoms with van der Waals surface area (Å²) in [7, 11) is 0. The summed E-state index contributed by atoms with van der Waals surface area (Å²) in [5.41, 5.74) is 1.44. The van der Waals surface area contributed by atoms with Gasteiger partial charge in [0.05, 0.1) is 0 Å². The minimum Gasteiger partial charge on any atom is -0.324 e. The number of carbonyl (C=O) groups excluding carboxylic acids is 1. The number of carbonyl (C=O) groups is 1. The molecular formula is C16H22FN3O. The van der Waals surface area contributed by atoms with Gasteiger partial charge in [0.2, 0.25) is 5.91 Å². The van der Waals surface area contributed by atoms with E-state index >= 15 is 0 Å². The molecule has 0 aromatic heterocycles. The van der Waals surface area contributed by atoms with Gasteiger partial charge in [0.25, 0.3) is 0 Å². The molecule has 21 heavy (non-hydrogen) atoms. The second-order valence-electron chi connectivity index (χ2n) is 5.86. The van der Waals surface area contributed by atoms with Gasteiger partial charge < -0.3 is 15.5 Å². The Kier molecular flexibility index (Phi) is 4.51. The fraction of sp³-hybridized carbons (Fsp3) is 0.562. The van der Waals surface area contributed by atoms with E-state index in [0.29, 0.717) is 0 Å². The van der Waals surface area contributed by atoms with Crippen LogP contribution in [0, 0.1) is 5.82 Å². The standard InChI is InChI=1S/C16H22FN3O/c17-12-5-6-14-13(11-12)15(16(21)19-14)18-7-4-10-20-8-2-1-3-9-20/h5-6,11,15,18H,1-4,7-10H2,(H,19,21). The molecular weight excluding hydrogens is 269 g/mol. The van der Waals surface area contributed by atoms with E-state index in [1.807, 2.05) is 0 Å². The zero-order valence-corrected chi connectivity index (χ0v) is 12.2. The van der Waals surface area contributed by atoms with E-state index in [4.69, 9.17) is 0 Å². The lowest BCUT2D eigenvalue weighted by molar-refractivity contribution is -0.117. The van der Waals surface area contributed by atoms with E-state index in [9.17, 15) is 9.18 Å². The van der Waals surface area contributed by atoms with Crippen molar-refractivity contribution in [2.75, 3.05) is 31.5 Å². The highest BCUT2D eigenvalue weighted by molar-refractivity contribution is 6.02. The first-order valence-electron chi connectivity index (χ1n) is 7.80. The van der Waals surface area contributed by atoms with E-state index in [2.05, 4.69) is 15.5 Å². The van der Waals surface area contributed by atoms with Crippen molar-refractivity contribution in [1.29, 1.82) is 0 Å². The number of likely N-dealkylation sites (tertiary alicyclic amines) is 1. The van der Waals surface area contributed by atoms with Crippen molar-refractivity contribution in [1.82, 2.24) is 10.2 Å². The minimum atomic E-state index is -0.419. The molecule has 2 aliphatic rings. The number of piperidine rings is 1. The lowest BCUT2D eigenvalue weighted by Crippen LogP contribution is -2.34. The Hall–Kier alpha value is -1.46. The van der Waals surface area contributed by atoms with Gasteiger partial charge in [-0.1, -0.05) is 6.42 Å². The van der Waals surface area contributed by atoms with Gasteiger partial charge in [0.15, 0.2) is 0 Å². The van der Waals surface area contributed by atoms with E-state index in [-0.39, 0.29) is 11.7 Å². The molecule has 1 atom stereocenters. The van der Waals surface area contributed by atoms with Crippen molar-refractivity contribution in [3.8, 4) is 0 Å². The molecule has 1 aromatic rings. The first-order chi connectivity index (χ1) is 10.2. The summed E-state index contributed by atoms with van der Waals surface area (Å²) in [6.45, 7) is 4.22. The Morgan fingerprint density at radius 1 is 1.29 bits per heavy atom. The number of halogens is 1. The molecule has 0 spiro atoms. The van der Waals surface area contributed by atoms with E-state index in [1.54, 1.807) is 6.07 Å². The third kappa shape index (κ3) is 3.41. The highest BCUT2D eigenvalue weighted by Gasteiger charge is 2.30. The molecule has 1 fully saturated rings. The smallest absolute Gasteiger partial charge is 0.246 e. The summed E-state index contributed by atoms with van der Waals surface area (Å²) in [4.78, 5) is 14.4. The molecule has 1 amide bonds. The highest BCUT2D eigenvalue weighted by Crippen LogP contribution is 2.31. The number of rotatable bonds is 5. The van der Waals surface area contributed by atoms with E-state index < -0.39 is 6.04 Å². The van der Waals surface area contributed by atoms with Crippen molar-refractivity contribution < 1.29 is 9.18 Å². The molecule has 1 aromatic carbocycles. The van der Waals surface area contributed by atoms with Crippen LogP contribution in [0.2, 0.25) is 0 Å². The molecule has 2 heterocycles. The van der Waals surface area contributed by atoms with Crippen LogP contribution in [-0.2, 0) is 4.79 Å². The monoisotopic (exact) mass is 291 g/mol. The van der Waals surface area contributed by atoms with Crippen LogP contribution in [0.4, 0.5) is 10.1 Å². The summed E-state index contributed by atoms with van der Waals surface area (Å²) >= 11 is 0. The fourth-order valence-corrected chi connectivity index (χ4v) is 3.17. The van der Waals surface area contributed by atoms with Crippen LogP contribution < -0.4 is 10.6 Å². The van der Waals surface area contributed by atoms with Crippen molar-refractivity contribution in [2.24, 2.45) is 0 Å². The Morgan fingerprint density at radius 3 is 2.90 bits per heavy atom. The fourth-order valence-electron chi connectivity index (χ4n) is 3.17. The van der Waals surface area contributed by atoms with Crippen LogP contribution in [0.3, 0.4) is 0 Å². The highest BCUT2D eigenvalue weighted by atomic mass is 19.1. The van der Waals surface area contributed by atoms with Gasteiger partial charge in [-0.25, -0.2) is 4.39 Å². The molecule has 0 bridgehead atoms. The number of amides is 1. The van der Waals surface area contributed by atoms with E-state index in [0.717, 1.165) is 30.8 Å².